The first kappa shape index (κ1) is 24.7. The molecule has 0 aliphatic heterocycles. The highest BCUT2D eigenvalue weighted by Gasteiger charge is 2.71. The molecule has 0 spiro atoms. The lowest BCUT2D eigenvalue weighted by molar-refractivity contribution is -0.217. The van der Waals surface area contributed by atoms with Gasteiger partial charge in [0.25, 0.3) is 0 Å². The fourth-order valence-electron chi connectivity index (χ4n) is 5.72. The van der Waals surface area contributed by atoms with Crippen LogP contribution in [0, 0.1) is 16.2 Å². The van der Waals surface area contributed by atoms with Crippen molar-refractivity contribution >= 4 is 5.97 Å². The summed E-state index contributed by atoms with van der Waals surface area (Å²) in [5.74, 6) is -1.17. The second-order valence-electron chi connectivity index (χ2n) is 12.3. The molecule has 3 nitrogen and oxygen atoms in total. The van der Waals surface area contributed by atoms with E-state index in [2.05, 4.69) is 68.4 Å². The van der Waals surface area contributed by atoms with Crippen molar-refractivity contribution in [3.63, 3.8) is 0 Å². The minimum Gasteiger partial charge on any atom is -0.479 e. The third-order valence-electron chi connectivity index (χ3n) is 6.33. The van der Waals surface area contributed by atoms with Gasteiger partial charge in [0.2, 0.25) is 0 Å². The summed E-state index contributed by atoms with van der Waals surface area (Å²) in [6, 6.07) is 8.06. The average Bonchev–Trinajstić information content (AvgIpc) is 2.42. The molecule has 0 radical (unpaired) electrons. The van der Waals surface area contributed by atoms with E-state index >= 15 is 0 Å². The minimum absolute atomic E-state index is 0.199. The summed E-state index contributed by atoms with van der Waals surface area (Å²) >= 11 is 0. The quantitative estimate of drug-likeness (QED) is 0.648. The first-order valence-electron chi connectivity index (χ1n) is 10.2. The van der Waals surface area contributed by atoms with Gasteiger partial charge in [-0.2, -0.15) is 0 Å². The van der Waals surface area contributed by atoms with Crippen LogP contribution in [0.4, 0.5) is 0 Å². The van der Waals surface area contributed by atoms with Crippen LogP contribution >= 0.6 is 0 Å². The molecular weight excluding hydrogens is 348 g/mol. The van der Waals surface area contributed by atoms with Crippen molar-refractivity contribution in [2.75, 3.05) is 0 Å². The summed E-state index contributed by atoms with van der Waals surface area (Å²) in [7, 11) is 0. The Balaban J connectivity index is 4.43. The van der Waals surface area contributed by atoms with Gasteiger partial charge < -0.3 is 10.2 Å². The van der Waals surface area contributed by atoms with Crippen molar-refractivity contribution in [2.24, 2.45) is 16.2 Å². The van der Waals surface area contributed by atoms with E-state index in [1.165, 1.54) is 0 Å². The predicted octanol–water partition coefficient (Wildman–Crippen LogP) is 6.18. The van der Waals surface area contributed by atoms with Crippen LogP contribution in [-0.2, 0) is 15.6 Å². The van der Waals surface area contributed by atoms with Crippen LogP contribution < -0.4 is 0 Å². The van der Waals surface area contributed by atoms with Crippen LogP contribution in [0.15, 0.2) is 24.3 Å². The van der Waals surface area contributed by atoms with Gasteiger partial charge in [-0.15, -0.1) is 0 Å². The van der Waals surface area contributed by atoms with Crippen molar-refractivity contribution in [3.8, 4) is 0 Å². The maximum atomic E-state index is 12.9. The SMILES string of the molecule is CC(C)(C)c1ccccc1C(C(C)(C)C)(C(C)(C)C)C(O)(C(=O)O)C(C)(C)C. The zero-order valence-electron chi connectivity index (χ0n) is 20.1. The van der Waals surface area contributed by atoms with Gasteiger partial charge in [0.15, 0.2) is 5.60 Å². The molecule has 0 amide bonds. The Morgan fingerprint density at radius 3 is 1.29 bits per heavy atom. The Hall–Kier alpha value is -1.35. The molecular formula is C25H42O3. The molecule has 0 aliphatic rings. The summed E-state index contributed by atoms with van der Waals surface area (Å²) < 4.78 is 0. The van der Waals surface area contributed by atoms with E-state index in [1.54, 1.807) is 0 Å². The molecule has 0 aromatic heterocycles. The third-order valence-corrected chi connectivity index (χ3v) is 6.33. The molecule has 1 rings (SSSR count). The van der Waals surface area contributed by atoms with Gasteiger partial charge in [-0.3, -0.25) is 0 Å². The van der Waals surface area contributed by atoms with Crippen molar-refractivity contribution in [1.29, 1.82) is 0 Å². The molecule has 0 aliphatic carbocycles. The summed E-state index contributed by atoms with van der Waals surface area (Å²) in [4.78, 5) is 12.9. The molecule has 2 N–H and O–H groups in total. The first-order chi connectivity index (χ1) is 12.2. The number of hydrogen-bond acceptors (Lipinski definition) is 2. The number of benzene rings is 1. The second kappa shape index (κ2) is 6.86. The molecule has 1 aromatic rings. The highest BCUT2D eigenvalue weighted by Crippen LogP contribution is 2.64. The first-order valence-corrected chi connectivity index (χ1v) is 10.2. The number of hydrogen-bond donors (Lipinski definition) is 2. The van der Waals surface area contributed by atoms with Crippen LogP contribution in [0.3, 0.4) is 0 Å². The predicted molar refractivity (Wildman–Crippen MR) is 118 cm³/mol. The number of carbonyl (C=O) groups is 1. The number of rotatable bonds is 3. The van der Waals surface area contributed by atoms with Gasteiger partial charge in [-0.25, -0.2) is 4.79 Å². The van der Waals surface area contributed by atoms with Gasteiger partial charge in [0.05, 0.1) is 0 Å². The van der Waals surface area contributed by atoms with E-state index in [9.17, 15) is 15.0 Å². The number of aliphatic carboxylic acids is 1. The molecule has 1 aromatic carbocycles. The van der Waals surface area contributed by atoms with E-state index in [-0.39, 0.29) is 5.41 Å². The number of carboxylic acid groups (broad SMARTS) is 1. The lowest BCUT2D eigenvalue weighted by Gasteiger charge is -2.64. The molecule has 0 saturated heterocycles. The summed E-state index contributed by atoms with van der Waals surface area (Å²) in [6.07, 6.45) is 0. The Kier molecular flexibility index (Phi) is 6.05. The van der Waals surface area contributed by atoms with E-state index < -0.39 is 33.2 Å². The van der Waals surface area contributed by atoms with Gasteiger partial charge in [-0.1, -0.05) is 107 Å². The molecule has 1 atom stereocenters. The van der Waals surface area contributed by atoms with Gasteiger partial charge in [0.1, 0.15) is 0 Å². The van der Waals surface area contributed by atoms with Crippen LogP contribution in [0.2, 0.25) is 0 Å². The van der Waals surface area contributed by atoms with Crippen molar-refractivity contribution in [1.82, 2.24) is 0 Å². The second-order valence-corrected chi connectivity index (χ2v) is 12.3. The Morgan fingerprint density at radius 1 is 0.679 bits per heavy atom. The Bertz CT molecular complexity index is 704. The highest BCUT2D eigenvalue weighted by atomic mass is 16.4. The van der Waals surface area contributed by atoms with Gasteiger partial charge in [-0.05, 0) is 27.4 Å². The van der Waals surface area contributed by atoms with Gasteiger partial charge >= 0.3 is 5.97 Å². The van der Waals surface area contributed by atoms with Crippen LogP contribution in [0.5, 0.6) is 0 Å². The van der Waals surface area contributed by atoms with E-state index in [4.69, 9.17) is 0 Å². The number of carboxylic acids is 1. The van der Waals surface area contributed by atoms with Crippen molar-refractivity contribution in [3.05, 3.63) is 35.4 Å². The fourth-order valence-corrected chi connectivity index (χ4v) is 5.72. The average molecular weight is 391 g/mol. The topological polar surface area (TPSA) is 57.5 Å². The molecule has 1 unspecified atom stereocenters. The van der Waals surface area contributed by atoms with Crippen LogP contribution in [-0.4, -0.2) is 21.8 Å². The summed E-state index contributed by atoms with van der Waals surface area (Å²) in [6.45, 7) is 24.2. The summed E-state index contributed by atoms with van der Waals surface area (Å²) in [5, 5.41) is 22.8. The zero-order valence-corrected chi connectivity index (χ0v) is 20.1. The molecule has 160 valence electrons. The molecule has 0 heterocycles. The van der Waals surface area contributed by atoms with Crippen molar-refractivity contribution < 1.29 is 15.0 Å². The van der Waals surface area contributed by atoms with Gasteiger partial charge in [0, 0.05) is 10.8 Å². The van der Waals surface area contributed by atoms with Crippen LogP contribution in [0.1, 0.15) is 94.2 Å². The molecule has 3 heteroatoms. The molecule has 0 saturated carbocycles. The zero-order chi connectivity index (χ0) is 22.6. The van der Waals surface area contributed by atoms with Crippen LogP contribution in [0.25, 0.3) is 0 Å². The maximum Gasteiger partial charge on any atom is 0.337 e. The lowest BCUT2D eigenvalue weighted by atomic mass is 9.40. The third kappa shape index (κ3) is 3.40. The number of aliphatic hydroxyl groups is 1. The highest BCUT2D eigenvalue weighted by molar-refractivity contribution is 5.82. The standard InChI is InChI=1S/C25H42O3/c1-20(2,3)17-15-13-14-16-18(17)24(21(4,5)6,22(7,8)9)25(28,19(26)27)23(10,11)12/h13-16,28H,1-12H3,(H,26,27). The van der Waals surface area contributed by atoms with Crippen molar-refractivity contribution in [2.45, 2.75) is 99.5 Å². The smallest absolute Gasteiger partial charge is 0.337 e. The Morgan fingerprint density at radius 2 is 1.04 bits per heavy atom. The van der Waals surface area contributed by atoms with E-state index in [0.717, 1.165) is 11.1 Å². The van der Waals surface area contributed by atoms with E-state index in [1.807, 2.05) is 39.0 Å². The fraction of sp³-hybridized carbons (Fsp3) is 0.720. The lowest BCUT2D eigenvalue weighted by Crippen LogP contribution is -2.73. The summed E-state index contributed by atoms with van der Waals surface area (Å²) in [5.41, 5.74) is -3.27. The molecule has 28 heavy (non-hydrogen) atoms. The maximum absolute atomic E-state index is 12.9. The normalized spacial score (nSPS) is 16.6. The van der Waals surface area contributed by atoms with E-state index in [0.29, 0.717) is 0 Å². The monoisotopic (exact) mass is 390 g/mol. The molecule has 0 bridgehead atoms. The Labute approximate surface area is 172 Å². The largest absolute Gasteiger partial charge is 0.479 e. The molecule has 0 fully saturated rings. The minimum atomic E-state index is -2.00.